The van der Waals surface area contributed by atoms with E-state index >= 15 is 0 Å². The van der Waals surface area contributed by atoms with Gasteiger partial charge in [0.05, 0.1) is 26.2 Å². The van der Waals surface area contributed by atoms with E-state index in [0.717, 1.165) is 4.48 Å². The molecule has 0 aromatic carbocycles. The zero-order valence-corrected chi connectivity index (χ0v) is 12.0. The van der Waals surface area contributed by atoms with Gasteiger partial charge in [-0.05, 0) is 27.7 Å². The Morgan fingerprint density at radius 2 is 1.75 bits per heavy atom. The van der Waals surface area contributed by atoms with Crippen molar-refractivity contribution in [2.45, 2.75) is 39.8 Å². The summed E-state index contributed by atoms with van der Waals surface area (Å²) in [6.45, 7) is 8.47. The average Bonchev–Trinajstić information content (AvgIpc) is 1.99. The van der Waals surface area contributed by atoms with Crippen LogP contribution < -0.4 is 0 Å². The number of quaternary nitrogens is 1. The third-order valence-corrected chi connectivity index (χ3v) is 3.86. The number of nitrogens with zero attached hydrogens (tertiary/aromatic N) is 1. The molecule has 0 aliphatic carbocycles. The number of hydrogen-bond acceptors (Lipinski definition) is 3. The van der Waals surface area contributed by atoms with Crippen LogP contribution in [-0.4, -0.2) is 48.8 Å². The molecule has 0 bridgehead atoms. The molecule has 98 valence electrons. The van der Waals surface area contributed by atoms with Gasteiger partial charge in [0.25, 0.3) is 0 Å². The van der Waals surface area contributed by atoms with Gasteiger partial charge in [0.15, 0.2) is 0 Å². The molecule has 6 heteroatoms. The van der Waals surface area contributed by atoms with Crippen LogP contribution in [0.1, 0.15) is 27.7 Å². The smallest absolute Gasteiger partial charge is 0.325 e. The van der Waals surface area contributed by atoms with Crippen molar-refractivity contribution in [3.63, 3.8) is 0 Å². The standard InChI is InChI=1S/C10H24NO4P/c1-9(2)11(5,6)7-8-14-16(12,13)15-10(3)4/h9-10H,7-8H2,1-6H3/p+1. The van der Waals surface area contributed by atoms with Gasteiger partial charge in [-0.15, -0.1) is 0 Å². The lowest BCUT2D eigenvalue weighted by Gasteiger charge is -2.34. The molecule has 5 nitrogen and oxygen atoms in total. The fraction of sp³-hybridized carbons (Fsp3) is 1.00. The Morgan fingerprint density at radius 1 is 1.25 bits per heavy atom. The summed E-state index contributed by atoms with van der Waals surface area (Å²) >= 11 is 0. The van der Waals surface area contributed by atoms with Gasteiger partial charge < -0.3 is 9.38 Å². The summed E-state index contributed by atoms with van der Waals surface area (Å²) < 4.78 is 21.8. The minimum Gasteiger partial charge on any atom is -0.325 e. The van der Waals surface area contributed by atoms with E-state index in [2.05, 4.69) is 27.9 Å². The van der Waals surface area contributed by atoms with Crippen molar-refractivity contribution in [3.8, 4) is 0 Å². The topological polar surface area (TPSA) is 55.8 Å². The highest BCUT2D eigenvalue weighted by Gasteiger charge is 2.25. The Bertz CT molecular complexity index is 253. The molecule has 1 N–H and O–H groups in total. The van der Waals surface area contributed by atoms with Gasteiger partial charge in [-0.25, -0.2) is 4.57 Å². The van der Waals surface area contributed by atoms with Crippen LogP contribution in [0, 0.1) is 0 Å². The first kappa shape index (κ1) is 16.1. The lowest BCUT2D eigenvalue weighted by atomic mass is 10.3. The average molecular weight is 254 g/mol. The van der Waals surface area contributed by atoms with Crippen LogP contribution in [-0.2, 0) is 13.6 Å². The molecule has 0 aromatic heterocycles. The van der Waals surface area contributed by atoms with E-state index in [1.165, 1.54) is 0 Å². The van der Waals surface area contributed by atoms with Crippen LogP contribution in [0.2, 0.25) is 0 Å². The van der Waals surface area contributed by atoms with Crippen molar-refractivity contribution in [2.24, 2.45) is 0 Å². The van der Waals surface area contributed by atoms with Gasteiger partial charge in [0, 0.05) is 0 Å². The fourth-order valence-corrected chi connectivity index (χ4v) is 1.85. The highest BCUT2D eigenvalue weighted by atomic mass is 31.2. The Kier molecular flexibility index (Phi) is 6.15. The van der Waals surface area contributed by atoms with E-state index < -0.39 is 7.82 Å². The van der Waals surface area contributed by atoms with Crippen molar-refractivity contribution in [1.29, 1.82) is 0 Å². The van der Waals surface area contributed by atoms with Crippen molar-refractivity contribution in [1.82, 2.24) is 0 Å². The summed E-state index contributed by atoms with van der Waals surface area (Å²) in [4.78, 5) is 9.32. The lowest BCUT2D eigenvalue weighted by Crippen LogP contribution is -2.47. The van der Waals surface area contributed by atoms with Crippen LogP contribution in [0.3, 0.4) is 0 Å². The molecule has 0 aliphatic heterocycles. The predicted octanol–water partition coefficient (Wildman–Crippen LogP) is 2.01. The highest BCUT2D eigenvalue weighted by molar-refractivity contribution is 7.47. The van der Waals surface area contributed by atoms with Crippen LogP contribution in [0.15, 0.2) is 0 Å². The normalized spacial score (nSPS) is 16.8. The second-order valence-electron chi connectivity index (χ2n) is 5.05. The van der Waals surface area contributed by atoms with Gasteiger partial charge in [-0.3, -0.25) is 9.05 Å². The number of phosphoric acid groups is 1. The van der Waals surface area contributed by atoms with Crippen molar-refractivity contribution >= 4 is 7.82 Å². The molecule has 0 fully saturated rings. The Balaban J connectivity index is 4.03. The van der Waals surface area contributed by atoms with Crippen molar-refractivity contribution < 1.29 is 23.0 Å². The Labute approximate surface area is 98.6 Å². The zero-order valence-electron chi connectivity index (χ0n) is 11.1. The third-order valence-electron chi connectivity index (χ3n) is 2.66. The van der Waals surface area contributed by atoms with Gasteiger partial charge in [-0.2, -0.15) is 0 Å². The second-order valence-corrected chi connectivity index (χ2v) is 6.46. The van der Waals surface area contributed by atoms with Gasteiger partial charge in [0.1, 0.15) is 13.2 Å². The summed E-state index contributed by atoms with van der Waals surface area (Å²) in [6, 6.07) is 0.438. The Morgan fingerprint density at radius 3 is 2.12 bits per heavy atom. The molecular weight excluding hydrogens is 229 g/mol. The molecule has 0 radical (unpaired) electrons. The molecule has 0 heterocycles. The summed E-state index contributed by atoms with van der Waals surface area (Å²) in [6.07, 6.45) is -0.316. The summed E-state index contributed by atoms with van der Waals surface area (Å²) in [5.41, 5.74) is 0. The molecular formula is C10H25NO4P+. The molecule has 0 amide bonds. The maximum Gasteiger partial charge on any atom is 0.472 e. The SMILES string of the molecule is CC(C)OP(=O)(O)OCC[N+](C)(C)C(C)C. The minimum atomic E-state index is -3.87. The minimum absolute atomic E-state index is 0.214. The quantitative estimate of drug-likeness (QED) is 0.558. The van der Waals surface area contributed by atoms with Crippen LogP contribution >= 0.6 is 7.82 Å². The molecule has 0 aromatic rings. The number of rotatable bonds is 7. The maximum atomic E-state index is 11.4. The Hall–Kier alpha value is 0.0700. The molecule has 1 unspecified atom stereocenters. The second kappa shape index (κ2) is 6.12. The van der Waals surface area contributed by atoms with Crippen LogP contribution in [0.5, 0.6) is 0 Å². The third kappa shape index (κ3) is 6.61. The van der Waals surface area contributed by atoms with E-state index in [4.69, 9.17) is 9.05 Å². The van der Waals surface area contributed by atoms with Gasteiger partial charge >= 0.3 is 7.82 Å². The van der Waals surface area contributed by atoms with Gasteiger partial charge in [0.2, 0.25) is 0 Å². The van der Waals surface area contributed by atoms with E-state index in [1.54, 1.807) is 13.8 Å². The fourth-order valence-electron chi connectivity index (χ4n) is 0.947. The first-order valence-electron chi connectivity index (χ1n) is 5.55. The highest BCUT2D eigenvalue weighted by Crippen LogP contribution is 2.44. The van der Waals surface area contributed by atoms with Crippen LogP contribution in [0.4, 0.5) is 0 Å². The van der Waals surface area contributed by atoms with Crippen LogP contribution in [0.25, 0.3) is 0 Å². The lowest BCUT2D eigenvalue weighted by molar-refractivity contribution is -0.911. The summed E-state index contributed by atoms with van der Waals surface area (Å²) in [5, 5.41) is 0. The molecule has 1 atom stereocenters. The molecule has 0 rings (SSSR count). The van der Waals surface area contributed by atoms with E-state index in [9.17, 15) is 9.46 Å². The molecule has 0 saturated heterocycles. The maximum absolute atomic E-state index is 11.4. The largest absolute Gasteiger partial charge is 0.472 e. The molecule has 16 heavy (non-hydrogen) atoms. The van der Waals surface area contributed by atoms with Gasteiger partial charge in [-0.1, -0.05) is 0 Å². The van der Waals surface area contributed by atoms with E-state index in [0.29, 0.717) is 12.6 Å². The van der Waals surface area contributed by atoms with E-state index in [1.807, 2.05) is 0 Å². The predicted molar refractivity (Wildman–Crippen MR) is 64.1 cm³/mol. The monoisotopic (exact) mass is 254 g/mol. The summed E-state index contributed by atoms with van der Waals surface area (Å²) in [7, 11) is 0.235. The molecule has 0 aliphatic rings. The van der Waals surface area contributed by atoms with Crippen molar-refractivity contribution in [3.05, 3.63) is 0 Å². The summed E-state index contributed by atoms with van der Waals surface area (Å²) in [5.74, 6) is 0. The first-order chi connectivity index (χ1) is 7.07. The zero-order chi connectivity index (χ0) is 13.0. The van der Waals surface area contributed by atoms with E-state index in [-0.39, 0.29) is 12.7 Å². The van der Waals surface area contributed by atoms with Crippen molar-refractivity contribution in [2.75, 3.05) is 27.2 Å². The number of likely N-dealkylation sites (N-methyl/N-ethyl adjacent to an activating group) is 1. The molecule has 0 spiro atoms. The number of hydrogen-bond donors (Lipinski definition) is 1. The first-order valence-corrected chi connectivity index (χ1v) is 7.05. The molecule has 0 saturated carbocycles. The number of phosphoric ester groups is 1.